The van der Waals surface area contributed by atoms with Crippen LogP contribution in [0.2, 0.25) is 0 Å². The summed E-state index contributed by atoms with van der Waals surface area (Å²) in [7, 11) is 0. The maximum absolute atomic E-state index is 12.9. The first-order chi connectivity index (χ1) is 10.2. The van der Waals surface area contributed by atoms with E-state index >= 15 is 0 Å². The molecular formula is C17H23Br2NO2. The fourth-order valence-corrected chi connectivity index (χ4v) is 5.01. The zero-order chi connectivity index (χ0) is 16.5. The van der Waals surface area contributed by atoms with Crippen molar-refractivity contribution in [1.82, 2.24) is 4.90 Å². The second-order valence-electron chi connectivity index (χ2n) is 7.03. The Morgan fingerprint density at radius 2 is 1.86 bits per heavy atom. The number of halogens is 2. The van der Waals surface area contributed by atoms with E-state index in [1.807, 2.05) is 56.0 Å². The van der Waals surface area contributed by atoms with Crippen LogP contribution in [0.15, 0.2) is 30.3 Å². The monoisotopic (exact) mass is 431 g/mol. The molecule has 1 heterocycles. The summed E-state index contributed by atoms with van der Waals surface area (Å²) in [5.74, 6) is 0.0484. The number of rotatable bonds is 4. The van der Waals surface area contributed by atoms with Gasteiger partial charge in [0, 0.05) is 16.3 Å². The summed E-state index contributed by atoms with van der Waals surface area (Å²) < 4.78 is 6.05. The number of hydrogen-bond acceptors (Lipinski definition) is 2. The Labute approximate surface area is 149 Å². The van der Waals surface area contributed by atoms with Gasteiger partial charge in [-0.3, -0.25) is 4.79 Å². The molecule has 122 valence electrons. The molecular weight excluding hydrogens is 410 g/mol. The first-order valence-electron chi connectivity index (χ1n) is 7.40. The third-order valence-electron chi connectivity index (χ3n) is 4.10. The van der Waals surface area contributed by atoms with Crippen LogP contribution in [0.5, 0.6) is 0 Å². The fourth-order valence-electron chi connectivity index (χ4n) is 2.76. The van der Waals surface area contributed by atoms with Crippen LogP contribution in [-0.4, -0.2) is 32.7 Å². The van der Waals surface area contributed by atoms with Gasteiger partial charge in [-0.1, -0.05) is 69.1 Å². The molecule has 0 aromatic heterocycles. The summed E-state index contributed by atoms with van der Waals surface area (Å²) in [6.07, 6.45) is -0.462. The lowest BCUT2D eigenvalue weighted by Gasteiger charge is -2.37. The van der Waals surface area contributed by atoms with Crippen molar-refractivity contribution < 1.29 is 9.53 Å². The van der Waals surface area contributed by atoms with Gasteiger partial charge >= 0.3 is 0 Å². The molecule has 0 aliphatic carbocycles. The maximum Gasteiger partial charge on any atom is 0.253 e. The van der Waals surface area contributed by atoms with Crippen molar-refractivity contribution in [2.24, 2.45) is 5.41 Å². The Balaban J connectivity index is 2.23. The van der Waals surface area contributed by atoms with Crippen molar-refractivity contribution in [2.75, 3.05) is 5.33 Å². The van der Waals surface area contributed by atoms with Crippen molar-refractivity contribution in [1.29, 1.82) is 0 Å². The molecule has 1 saturated heterocycles. The van der Waals surface area contributed by atoms with Crippen molar-refractivity contribution in [3.8, 4) is 0 Å². The minimum absolute atomic E-state index is 0.0484. The lowest BCUT2D eigenvalue weighted by atomic mass is 9.89. The van der Waals surface area contributed by atoms with Gasteiger partial charge in [0.15, 0.2) is 0 Å². The fraction of sp³-hybridized carbons (Fsp3) is 0.588. The quantitative estimate of drug-likeness (QED) is 0.523. The SMILES string of the molecule is CC(C)(C)N1C(=O)[C@@H](OCc2ccccc2)[C@](C)(CBr)[C@@H]1Br. The summed E-state index contributed by atoms with van der Waals surface area (Å²) >= 11 is 7.30. The highest BCUT2D eigenvalue weighted by Crippen LogP contribution is 2.47. The number of ether oxygens (including phenoxy) is 1. The number of benzene rings is 1. The standard InChI is InChI=1S/C17H23Br2NO2/c1-16(2,3)20-14(21)13(17(4,11-18)15(20)19)22-10-12-8-6-5-7-9-12/h5-9,13,15H,10-11H2,1-4H3/t13-,15-,17+/m1/s1. The Morgan fingerprint density at radius 1 is 1.27 bits per heavy atom. The largest absolute Gasteiger partial charge is 0.363 e. The summed E-state index contributed by atoms with van der Waals surface area (Å²) in [5.41, 5.74) is 0.506. The highest BCUT2D eigenvalue weighted by molar-refractivity contribution is 9.10. The van der Waals surface area contributed by atoms with Crippen LogP contribution in [0.4, 0.5) is 0 Å². The molecule has 1 amide bonds. The molecule has 1 aromatic rings. The van der Waals surface area contributed by atoms with Crippen LogP contribution in [-0.2, 0) is 16.1 Å². The minimum atomic E-state index is -0.462. The molecule has 0 unspecified atom stereocenters. The molecule has 22 heavy (non-hydrogen) atoms. The van der Waals surface area contributed by atoms with Gasteiger partial charge in [-0.15, -0.1) is 0 Å². The molecule has 3 atom stereocenters. The van der Waals surface area contributed by atoms with Crippen LogP contribution >= 0.6 is 31.9 Å². The maximum atomic E-state index is 12.9. The van der Waals surface area contributed by atoms with E-state index < -0.39 is 6.10 Å². The van der Waals surface area contributed by atoms with Gasteiger partial charge in [0.1, 0.15) is 6.10 Å². The third kappa shape index (κ3) is 3.26. The number of carbonyl (C=O) groups is 1. The molecule has 1 aromatic carbocycles. The molecule has 3 nitrogen and oxygen atoms in total. The molecule has 0 N–H and O–H groups in total. The second-order valence-corrected chi connectivity index (χ2v) is 8.46. The summed E-state index contributed by atoms with van der Waals surface area (Å²) in [6.45, 7) is 8.67. The van der Waals surface area contributed by atoms with E-state index in [2.05, 4.69) is 38.8 Å². The van der Waals surface area contributed by atoms with Crippen LogP contribution in [0.1, 0.15) is 33.3 Å². The Kier molecular flexibility index (Phi) is 5.40. The first kappa shape index (κ1) is 18.0. The molecule has 1 aliphatic rings. The van der Waals surface area contributed by atoms with E-state index in [4.69, 9.17) is 4.74 Å². The van der Waals surface area contributed by atoms with E-state index in [1.165, 1.54) is 0 Å². The van der Waals surface area contributed by atoms with Gasteiger partial charge in [0.2, 0.25) is 0 Å². The molecule has 1 aliphatic heterocycles. The predicted molar refractivity (Wildman–Crippen MR) is 96.2 cm³/mol. The number of amides is 1. The third-order valence-corrected chi connectivity index (χ3v) is 6.77. The van der Waals surface area contributed by atoms with Gasteiger partial charge in [-0.05, 0) is 26.3 Å². The zero-order valence-electron chi connectivity index (χ0n) is 13.5. The summed E-state index contributed by atoms with van der Waals surface area (Å²) in [4.78, 5) is 14.7. The van der Waals surface area contributed by atoms with Crippen LogP contribution < -0.4 is 0 Å². The smallest absolute Gasteiger partial charge is 0.253 e. The van der Waals surface area contributed by atoms with Crippen LogP contribution in [0.25, 0.3) is 0 Å². The number of hydrogen-bond donors (Lipinski definition) is 0. The molecule has 0 radical (unpaired) electrons. The minimum Gasteiger partial charge on any atom is -0.363 e. The van der Waals surface area contributed by atoms with Gasteiger partial charge in [-0.2, -0.15) is 0 Å². The van der Waals surface area contributed by atoms with Gasteiger partial charge in [0.25, 0.3) is 5.91 Å². The molecule has 5 heteroatoms. The first-order valence-corrected chi connectivity index (χ1v) is 9.44. The normalized spacial score (nSPS) is 29.2. The van der Waals surface area contributed by atoms with Crippen molar-refractivity contribution >= 4 is 37.8 Å². The van der Waals surface area contributed by atoms with Crippen LogP contribution in [0.3, 0.4) is 0 Å². The molecule has 2 rings (SSSR count). The zero-order valence-corrected chi connectivity index (χ0v) is 16.6. The van der Waals surface area contributed by atoms with Gasteiger partial charge < -0.3 is 9.64 Å². The van der Waals surface area contributed by atoms with Crippen LogP contribution in [0, 0.1) is 5.41 Å². The second kappa shape index (κ2) is 6.62. The molecule has 0 saturated carbocycles. The lowest BCUT2D eigenvalue weighted by molar-refractivity contribution is -0.143. The summed E-state index contributed by atoms with van der Waals surface area (Å²) in [5, 5.41) is 0.688. The van der Waals surface area contributed by atoms with E-state index in [0.29, 0.717) is 11.9 Å². The number of alkyl halides is 2. The summed E-state index contributed by atoms with van der Waals surface area (Å²) in [6, 6.07) is 9.96. The Morgan fingerprint density at radius 3 is 2.36 bits per heavy atom. The van der Waals surface area contributed by atoms with Gasteiger partial charge in [0.05, 0.1) is 11.6 Å². The van der Waals surface area contributed by atoms with Crippen molar-refractivity contribution in [3.05, 3.63) is 35.9 Å². The van der Waals surface area contributed by atoms with Crippen molar-refractivity contribution in [2.45, 2.75) is 50.9 Å². The lowest BCUT2D eigenvalue weighted by Crippen LogP contribution is -2.47. The van der Waals surface area contributed by atoms with Gasteiger partial charge in [-0.25, -0.2) is 0 Å². The van der Waals surface area contributed by atoms with Crippen molar-refractivity contribution in [3.63, 3.8) is 0 Å². The Bertz CT molecular complexity index is 529. The number of nitrogens with zero attached hydrogens (tertiary/aromatic N) is 1. The van der Waals surface area contributed by atoms with E-state index in [0.717, 1.165) is 5.56 Å². The molecule has 1 fully saturated rings. The molecule has 0 bridgehead atoms. The predicted octanol–water partition coefficient (Wildman–Crippen LogP) is 4.33. The highest BCUT2D eigenvalue weighted by atomic mass is 79.9. The number of carbonyl (C=O) groups excluding carboxylic acids is 1. The average molecular weight is 433 g/mol. The molecule has 0 spiro atoms. The topological polar surface area (TPSA) is 29.5 Å². The van der Waals surface area contributed by atoms with E-state index in [9.17, 15) is 4.79 Å². The highest BCUT2D eigenvalue weighted by Gasteiger charge is 2.58. The average Bonchev–Trinajstić information content (AvgIpc) is 2.65. The Hall–Kier alpha value is -0.390. The van der Waals surface area contributed by atoms with E-state index in [-0.39, 0.29) is 21.8 Å². The number of likely N-dealkylation sites (tertiary alicyclic amines) is 1. The van der Waals surface area contributed by atoms with E-state index in [1.54, 1.807) is 0 Å².